The molecule has 2 aromatic rings. The summed E-state index contributed by atoms with van der Waals surface area (Å²) < 4.78 is 3.89. The number of thiazole rings is 1. The van der Waals surface area contributed by atoms with Crippen molar-refractivity contribution in [1.29, 1.82) is 0 Å². The van der Waals surface area contributed by atoms with E-state index in [0.717, 1.165) is 15.4 Å². The lowest BCUT2D eigenvalue weighted by atomic mass is 10.3. The van der Waals surface area contributed by atoms with Gasteiger partial charge in [0.25, 0.3) is 0 Å². The van der Waals surface area contributed by atoms with E-state index >= 15 is 0 Å². The number of para-hydroxylation sites is 1. The SMILES string of the molecule is C(#Cc1nc2ccccc2s1)C1=CSC(=C2SC=CS2)S1. The molecule has 1 nitrogen and oxygen atoms in total. The van der Waals surface area contributed by atoms with Crippen LogP contribution in [0.15, 0.2) is 53.9 Å². The molecule has 0 atom stereocenters. The lowest BCUT2D eigenvalue weighted by Crippen LogP contribution is -1.71. The summed E-state index contributed by atoms with van der Waals surface area (Å²) in [5.74, 6) is 6.43. The summed E-state index contributed by atoms with van der Waals surface area (Å²) in [6.45, 7) is 0. The Hall–Kier alpha value is -0.710. The van der Waals surface area contributed by atoms with Gasteiger partial charge in [-0.25, -0.2) is 4.98 Å². The Bertz CT molecular complexity index is 820. The zero-order valence-corrected chi connectivity index (χ0v) is 14.6. The van der Waals surface area contributed by atoms with Crippen LogP contribution < -0.4 is 0 Å². The highest BCUT2D eigenvalue weighted by atomic mass is 32.2. The minimum atomic E-state index is 0.884. The third kappa shape index (κ3) is 3.08. The summed E-state index contributed by atoms with van der Waals surface area (Å²) in [7, 11) is 0. The molecular formula is C15H7NS5. The first-order chi connectivity index (χ1) is 10.4. The average Bonchev–Trinajstić information content (AvgIpc) is 3.23. The number of hydrogen-bond acceptors (Lipinski definition) is 6. The Labute approximate surface area is 143 Å². The lowest BCUT2D eigenvalue weighted by Gasteiger charge is -1.98. The van der Waals surface area contributed by atoms with Gasteiger partial charge in [-0.15, -0.1) is 11.3 Å². The molecule has 0 amide bonds. The molecule has 0 N–H and O–H groups in total. The number of fused-ring (bicyclic) bond motifs is 1. The first-order valence-corrected chi connectivity index (χ1v) is 10.3. The Morgan fingerprint density at radius 2 is 1.76 bits per heavy atom. The summed E-state index contributed by atoms with van der Waals surface area (Å²) in [6.07, 6.45) is 0. The monoisotopic (exact) mass is 361 g/mol. The van der Waals surface area contributed by atoms with E-state index in [1.807, 2.05) is 18.2 Å². The van der Waals surface area contributed by atoms with Crippen LogP contribution in [-0.2, 0) is 0 Å². The molecule has 6 heteroatoms. The largest absolute Gasteiger partial charge is 0.228 e. The highest BCUT2D eigenvalue weighted by Gasteiger charge is 2.17. The minimum Gasteiger partial charge on any atom is -0.228 e. The molecule has 2 aliphatic rings. The fourth-order valence-corrected chi connectivity index (χ4v) is 6.82. The molecule has 0 radical (unpaired) electrons. The van der Waals surface area contributed by atoms with Crippen LogP contribution in [0.5, 0.6) is 0 Å². The molecule has 3 heterocycles. The number of benzene rings is 1. The highest BCUT2D eigenvalue weighted by Crippen LogP contribution is 2.52. The van der Waals surface area contributed by atoms with Gasteiger partial charge in [0.1, 0.15) is 0 Å². The molecule has 1 aromatic heterocycles. The Morgan fingerprint density at radius 3 is 2.62 bits per heavy atom. The number of allylic oxidation sites excluding steroid dienone is 1. The first kappa shape index (κ1) is 13.9. The number of rotatable bonds is 0. The van der Waals surface area contributed by atoms with Crippen LogP contribution in [0.1, 0.15) is 5.01 Å². The maximum Gasteiger partial charge on any atom is 0.168 e. The van der Waals surface area contributed by atoms with E-state index in [2.05, 4.69) is 39.1 Å². The van der Waals surface area contributed by atoms with Gasteiger partial charge in [0.2, 0.25) is 0 Å². The fourth-order valence-electron chi connectivity index (χ4n) is 1.74. The van der Waals surface area contributed by atoms with E-state index in [-0.39, 0.29) is 0 Å². The van der Waals surface area contributed by atoms with Crippen LogP contribution in [-0.4, -0.2) is 4.98 Å². The smallest absolute Gasteiger partial charge is 0.168 e. The van der Waals surface area contributed by atoms with Crippen LogP contribution in [0.4, 0.5) is 0 Å². The third-order valence-corrected chi connectivity index (χ3v) is 8.52. The molecule has 1 aromatic carbocycles. The number of hydrogen-bond donors (Lipinski definition) is 0. The summed E-state index contributed by atoms with van der Waals surface area (Å²) in [6, 6.07) is 8.16. The van der Waals surface area contributed by atoms with Crippen molar-refractivity contribution in [3.05, 3.63) is 58.9 Å². The van der Waals surface area contributed by atoms with Crippen LogP contribution in [0, 0.1) is 11.8 Å². The van der Waals surface area contributed by atoms with E-state index in [9.17, 15) is 0 Å². The molecule has 4 rings (SSSR count). The minimum absolute atomic E-state index is 0.884. The number of thioether (sulfide) groups is 4. The Morgan fingerprint density at radius 1 is 0.905 bits per heavy atom. The zero-order chi connectivity index (χ0) is 14.1. The molecular weight excluding hydrogens is 355 g/mol. The predicted octanol–water partition coefficient (Wildman–Crippen LogP) is 6.05. The lowest BCUT2D eigenvalue weighted by molar-refractivity contribution is 1.45. The van der Waals surface area contributed by atoms with Gasteiger partial charge in [-0.05, 0) is 34.3 Å². The Balaban J connectivity index is 1.53. The normalized spacial score (nSPS) is 17.2. The van der Waals surface area contributed by atoms with Crippen molar-refractivity contribution in [2.24, 2.45) is 0 Å². The van der Waals surface area contributed by atoms with E-state index in [1.165, 1.54) is 13.2 Å². The molecule has 0 saturated heterocycles. The van der Waals surface area contributed by atoms with Crippen molar-refractivity contribution in [3.63, 3.8) is 0 Å². The molecule has 0 bridgehead atoms. The third-order valence-electron chi connectivity index (χ3n) is 2.63. The molecule has 2 aliphatic heterocycles. The van der Waals surface area contributed by atoms with Gasteiger partial charge in [-0.3, -0.25) is 0 Å². The molecule has 0 fully saturated rings. The van der Waals surface area contributed by atoms with Crippen molar-refractivity contribution in [2.75, 3.05) is 0 Å². The second kappa shape index (κ2) is 6.19. The molecule has 0 unspecified atom stereocenters. The predicted molar refractivity (Wildman–Crippen MR) is 101 cm³/mol. The van der Waals surface area contributed by atoms with Crippen molar-refractivity contribution >= 4 is 68.6 Å². The average molecular weight is 362 g/mol. The van der Waals surface area contributed by atoms with Gasteiger partial charge >= 0.3 is 0 Å². The maximum atomic E-state index is 4.54. The molecule has 0 saturated carbocycles. The maximum absolute atomic E-state index is 4.54. The molecule has 21 heavy (non-hydrogen) atoms. The fraction of sp³-hybridized carbons (Fsp3) is 0. The van der Waals surface area contributed by atoms with Crippen LogP contribution in [0.3, 0.4) is 0 Å². The van der Waals surface area contributed by atoms with Gasteiger partial charge in [0.15, 0.2) is 5.01 Å². The van der Waals surface area contributed by atoms with Crippen molar-refractivity contribution in [1.82, 2.24) is 4.98 Å². The summed E-state index contributed by atoms with van der Waals surface area (Å²) >= 11 is 8.75. The van der Waals surface area contributed by atoms with E-state index in [4.69, 9.17) is 0 Å². The zero-order valence-electron chi connectivity index (χ0n) is 10.5. The van der Waals surface area contributed by atoms with E-state index < -0.39 is 0 Å². The quantitative estimate of drug-likeness (QED) is 0.528. The summed E-state index contributed by atoms with van der Waals surface area (Å²) in [5.41, 5.74) is 1.03. The highest BCUT2D eigenvalue weighted by molar-refractivity contribution is 8.33. The molecule has 0 spiro atoms. The standard InChI is InChI=1S/C15H7NS5/c1-2-4-12-11(3-1)16-13(21-12)6-5-10-9-19-15(20-10)14-17-7-8-18-14/h1-4,7-9H. The topological polar surface area (TPSA) is 12.9 Å². The summed E-state index contributed by atoms with van der Waals surface area (Å²) in [5, 5.41) is 7.26. The summed E-state index contributed by atoms with van der Waals surface area (Å²) in [4.78, 5) is 5.65. The van der Waals surface area contributed by atoms with E-state index in [1.54, 1.807) is 58.4 Å². The molecule has 0 aliphatic carbocycles. The number of nitrogens with zero attached hydrogens (tertiary/aromatic N) is 1. The van der Waals surface area contributed by atoms with Gasteiger partial charge in [-0.1, -0.05) is 65.1 Å². The van der Waals surface area contributed by atoms with Crippen molar-refractivity contribution in [3.8, 4) is 11.8 Å². The van der Waals surface area contributed by atoms with Crippen LogP contribution >= 0.6 is 58.4 Å². The van der Waals surface area contributed by atoms with Crippen molar-refractivity contribution < 1.29 is 0 Å². The first-order valence-electron chi connectivity index (χ1n) is 6.03. The molecule has 102 valence electrons. The number of aromatic nitrogens is 1. The van der Waals surface area contributed by atoms with Gasteiger partial charge in [0.05, 0.1) is 23.6 Å². The Kier molecular flexibility index (Phi) is 4.10. The van der Waals surface area contributed by atoms with Crippen LogP contribution in [0.2, 0.25) is 0 Å². The second-order valence-corrected chi connectivity index (χ2v) is 9.33. The van der Waals surface area contributed by atoms with Crippen molar-refractivity contribution in [2.45, 2.75) is 0 Å². The van der Waals surface area contributed by atoms with Gasteiger partial charge in [0, 0.05) is 0 Å². The van der Waals surface area contributed by atoms with Gasteiger partial charge in [-0.2, -0.15) is 0 Å². The van der Waals surface area contributed by atoms with Crippen LogP contribution in [0.25, 0.3) is 10.2 Å². The van der Waals surface area contributed by atoms with Gasteiger partial charge < -0.3 is 0 Å². The van der Waals surface area contributed by atoms with E-state index in [0.29, 0.717) is 0 Å². The second-order valence-electron chi connectivity index (χ2n) is 4.02.